The molecule has 4 heteroatoms. The van der Waals surface area contributed by atoms with Gasteiger partial charge in [0.15, 0.2) is 0 Å². The molecule has 98 valence electrons. The summed E-state index contributed by atoms with van der Waals surface area (Å²) in [6.45, 7) is 2.56. The summed E-state index contributed by atoms with van der Waals surface area (Å²) >= 11 is 6.08. The zero-order valence-corrected chi connectivity index (χ0v) is 11.3. The zero-order chi connectivity index (χ0) is 13.1. The molecule has 1 saturated carbocycles. The molecule has 1 fully saturated rings. The Morgan fingerprint density at radius 2 is 2.28 bits per heavy atom. The number of hydrogen-bond acceptors (Lipinski definition) is 2. The second kappa shape index (κ2) is 5.72. The third kappa shape index (κ3) is 2.85. The number of nitrogens with one attached hydrogen (secondary N) is 1. The van der Waals surface area contributed by atoms with E-state index >= 15 is 0 Å². The van der Waals surface area contributed by atoms with E-state index in [0.717, 1.165) is 24.8 Å². The Morgan fingerprint density at radius 3 is 3.00 bits per heavy atom. The lowest BCUT2D eigenvalue weighted by Gasteiger charge is -2.18. The van der Waals surface area contributed by atoms with Crippen LogP contribution in [0.2, 0.25) is 5.02 Å². The van der Waals surface area contributed by atoms with E-state index < -0.39 is 0 Å². The van der Waals surface area contributed by atoms with Crippen LogP contribution in [-0.4, -0.2) is 12.5 Å². The monoisotopic (exact) mass is 266 g/mol. The SMILES string of the molecule is Cc1ccc(Cl)c(NC(=O)[C@@H]2CCC[C@@H]2CN)c1. The minimum atomic E-state index is 0.0339. The third-order valence-corrected chi connectivity index (χ3v) is 4.01. The van der Waals surface area contributed by atoms with Crippen molar-refractivity contribution in [2.45, 2.75) is 26.2 Å². The van der Waals surface area contributed by atoms with Crippen LogP contribution in [0.25, 0.3) is 0 Å². The number of carbonyl (C=O) groups excluding carboxylic acids is 1. The molecular weight excluding hydrogens is 248 g/mol. The highest BCUT2D eigenvalue weighted by Crippen LogP contribution is 2.32. The molecular formula is C14H19ClN2O. The van der Waals surface area contributed by atoms with E-state index in [2.05, 4.69) is 5.32 Å². The molecule has 0 saturated heterocycles. The molecule has 0 aromatic heterocycles. The first kappa shape index (κ1) is 13.4. The average molecular weight is 267 g/mol. The van der Waals surface area contributed by atoms with E-state index in [1.807, 2.05) is 25.1 Å². The zero-order valence-electron chi connectivity index (χ0n) is 10.6. The van der Waals surface area contributed by atoms with Gasteiger partial charge in [0.2, 0.25) is 5.91 Å². The van der Waals surface area contributed by atoms with Gasteiger partial charge >= 0.3 is 0 Å². The van der Waals surface area contributed by atoms with E-state index in [1.54, 1.807) is 0 Å². The highest BCUT2D eigenvalue weighted by atomic mass is 35.5. The lowest BCUT2D eigenvalue weighted by Crippen LogP contribution is -2.29. The average Bonchev–Trinajstić information content (AvgIpc) is 2.82. The topological polar surface area (TPSA) is 55.1 Å². The maximum Gasteiger partial charge on any atom is 0.227 e. The second-order valence-corrected chi connectivity index (χ2v) is 5.41. The Hall–Kier alpha value is -1.06. The molecule has 0 aliphatic heterocycles. The largest absolute Gasteiger partial charge is 0.330 e. The number of halogens is 1. The highest BCUT2D eigenvalue weighted by Gasteiger charge is 2.32. The molecule has 0 radical (unpaired) electrons. The first-order chi connectivity index (χ1) is 8.61. The summed E-state index contributed by atoms with van der Waals surface area (Å²) in [5, 5.41) is 3.51. The fraction of sp³-hybridized carbons (Fsp3) is 0.500. The van der Waals surface area contributed by atoms with Crippen molar-refractivity contribution in [3.05, 3.63) is 28.8 Å². The van der Waals surface area contributed by atoms with Crippen molar-refractivity contribution in [3.8, 4) is 0 Å². The fourth-order valence-electron chi connectivity index (χ4n) is 2.62. The van der Waals surface area contributed by atoms with Crippen molar-refractivity contribution in [3.63, 3.8) is 0 Å². The van der Waals surface area contributed by atoms with Crippen LogP contribution in [0, 0.1) is 18.8 Å². The molecule has 0 bridgehead atoms. The van der Waals surface area contributed by atoms with Crippen LogP contribution >= 0.6 is 11.6 Å². The Morgan fingerprint density at radius 1 is 1.50 bits per heavy atom. The molecule has 1 aliphatic rings. The van der Waals surface area contributed by atoms with Crippen LogP contribution in [0.5, 0.6) is 0 Å². The Bertz CT molecular complexity index is 447. The standard InChI is InChI=1S/C14H19ClN2O/c1-9-5-6-12(15)13(7-9)17-14(18)11-4-2-3-10(11)8-16/h5-7,10-11H,2-4,8,16H2,1H3,(H,17,18)/t10-,11-/m1/s1. The number of amides is 1. The molecule has 18 heavy (non-hydrogen) atoms. The quantitative estimate of drug-likeness (QED) is 0.884. The number of nitrogens with two attached hydrogens (primary N) is 1. The van der Waals surface area contributed by atoms with Crippen molar-refractivity contribution < 1.29 is 4.79 Å². The smallest absolute Gasteiger partial charge is 0.227 e. The van der Waals surface area contributed by atoms with Gasteiger partial charge in [-0.1, -0.05) is 24.1 Å². The summed E-state index contributed by atoms with van der Waals surface area (Å²) in [6, 6.07) is 5.63. The number of carbonyl (C=O) groups is 1. The van der Waals surface area contributed by atoms with Crippen molar-refractivity contribution in [1.82, 2.24) is 0 Å². The van der Waals surface area contributed by atoms with Crippen molar-refractivity contribution in [2.24, 2.45) is 17.6 Å². The first-order valence-electron chi connectivity index (χ1n) is 6.39. The third-order valence-electron chi connectivity index (χ3n) is 3.68. The maximum atomic E-state index is 12.2. The number of rotatable bonds is 3. The Balaban J connectivity index is 2.09. The van der Waals surface area contributed by atoms with Gasteiger partial charge in [0.25, 0.3) is 0 Å². The minimum absolute atomic E-state index is 0.0339. The van der Waals surface area contributed by atoms with Gasteiger partial charge in [-0.3, -0.25) is 4.79 Å². The molecule has 3 N–H and O–H groups in total. The predicted octanol–water partition coefficient (Wildman–Crippen LogP) is 2.96. The van der Waals surface area contributed by atoms with Gasteiger partial charge in [-0.15, -0.1) is 0 Å². The van der Waals surface area contributed by atoms with E-state index in [4.69, 9.17) is 17.3 Å². The molecule has 0 heterocycles. The lowest BCUT2D eigenvalue weighted by atomic mass is 9.95. The van der Waals surface area contributed by atoms with Gasteiger partial charge in [0.05, 0.1) is 10.7 Å². The van der Waals surface area contributed by atoms with Crippen LogP contribution in [0.3, 0.4) is 0 Å². The van der Waals surface area contributed by atoms with Gasteiger partial charge in [-0.2, -0.15) is 0 Å². The molecule has 1 aromatic carbocycles. The summed E-state index contributed by atoms with van der Waals surface area (Å²) in [5.74, 6) is 0.399. The van der Waals surface area contributed by atoms with Crippen LogP contribution in [0.1, 0.15) is 24.8 Å². The molecule has 1 amide bonds. The van der Waals surface area contributed by atoms with E-state index in [9.17, 15) is 4.79 Å². The molecule has 3 nitrogen and oxygen atoms in total. The summed E-state index contributed by atoms with van der Waals surface area (Å²) in [5.41, 5.74) is 7.48. The second-order valence-electron chi connectivity index (χ2n) is 5.01. The van der Waals surface area contributed by atoms with Crippen LogP contribution in [0.15, 0.2) is 18.2 Å². The van der Waals surface area contributed by atoms with Gasteiger partial charge < -0.3 is 11.1 Å². The highest BCUT2D eigenvalue weighted by molar-refractivity contribution is 6.33. The van der Waals surface area contributed by atoms with E-state index in [-0.39, 0.29) is 11.8 Å². The molecule has 1 aliphatic carbocycles. The molecule has 1 aromatic rings. The number of benzene rings is 1. The number of hydrogen-bond donors (Lipinski definition) is 2. The Kier molecular flexibility index (Phi) is 4.25. The summed E-state index contributed by atoms with van der Waals surface area (Å²) in [6.07, 6.45) is 3.06. The summed E-state index contributed by atoms with van der Waals surface area (Å²) in [7, 11) is 0. The molecule has 2 rings (SSSR count). The van der Waals surface area contributed by atoms with E-state index in [0.29, 0.717) is 23.2 Å². The summed E-state index contributed by atoms with van der Waals surface area (Å²) in [4.78, 5) is 12.2. The predicted molar refractivity (Wildman–Crippen MR) is 74.7 cm³/mol. The minimum Gasteiger partial charge on any atom is -0.330 e. The molecule has 0 spiro atoms. The maximum absolute atomic E-state index is 12.2. The van der Waals surface area contributed by atoms with Gasteiger partial charge in [-0.25, -0.2) is 0 Å². The number of aryl methyl sites for hydroxylation is 1. The normalized spacial score (nSPS) is 23.1. The van der Waals surface area contributed by atoms with E-state index in [1.165, 1.54) is 0 Å². The van der Waals surface area contributed by atoms with Crippen molar-refractivity contribution in [2.75, 3.05) is 11.9 Å². The van der Waals surface area contributed by atoms with Crippen LogP contribution in [-0.2, 0) is 4.79 Å². The first-order valence-corrected chi connectivity index (χ1v) is 6.76. The molecule has 2 atom stereocenters. The summed E-state index contributed by atoms with van der Waals surface area (Å²) < 4.78 is 0. The van der Waals surface area contributed by atoms with Crippen LogP contribution < -0.4 is 11.1 Å². The fourth-order valence-corrected chi connectivity index (χ4v) is 2.79. The molecule has 0 unspecified atom stereocenters. The van der Waals surface area contributed by atoms with Gasteiger partial charge in [-0.05, 0) is 49.9 Å². The van der Waals surface area contributed by atoms with Gasteiger partial charge in [0.1, 0.15) is 0 Å². The van der Waals surface area contributed by atoms with Crippen molar-refractivity contribution >= 4 is 23.2 Å². The Labute approximate surface area is 113 Å². The van der Waals surface area contributed by atoms with Gasteiger partial charge in [0, 0.05) is 5.92 Å². The van der Waals surface area contributed by atoms with Crippen LogP contribution in [0.4, 0.5) is 5.69 Å². The lowest BCUT2D eigenvalue weighted by molar-refractivity contribution is -0.120. The number of anilines is 1. The van der Waals surface area contributed by atoms with Crippen molar-refractivity contribution in [1.29, 1.82) is 0 Å².